The molecule has 0 unspecified atom stereocenters. The van der Waals surface area contributed by atoms with E-state index in [0.29, 0.717) is 5.75 Å². The predicted molar refractivity (Wildman–Crippen MR) is 113 cm³/mol. The molecule has 144 valence electrons. The number of halogens is 1. The molecule has 0 bridgehead atoms. The molecule has 26 heavy (non-hydrogen) atoms. The summed E-state index contributed by atoms with van der Waals surface area (Å²) >= 11 is 0. The Morgan fingerprint density at radius 1 is 0.885 bits per heavy atom. The lowest BCUT2D eigenvalue weighted by Crippen LogP contribution is -2.18. The standard InChI is InChI=1S/C22H31NO2.ClH/c1-21(2,3)17-12-15(13-18(20(17)25)22(4,5)6)11-16-9-7-8-10-19(16)23-14-24;/h7-10,12-13,23-25H,11,14H2,1-6H3;1H. The van der Waals surface area contributed by atoms with Gasteiger partial charge in [0, 0.05) is 5.69 Å². The maximum Gasteiger partial charge on any atom is 0.123 e. The van der Waals surface area contributed by atoms with Crippen molar-refractivity contribution in [2.45, 2.75) is 58.8 Å². The van der Waals surface area contributed by atoms with Crippen LogP contribution in [0, 0.1) is 0 Å². The molecule has 0 atom stereocenters. The summed E-state index contributed by atoms with van der Waals surface area (Å²) in [5.74, 6) is 0.408. The molecule has 0 saturated carbocycles. The van der Waals surface area contributed by atoms with Gasteiger partial charge in [-0.15, -0.1) is 12.4 Å². The van der Waals surface area contributed by atoms with E-state index in [2.05, 4.69) is 65.1 Å². The van der Waals surface area contributed by atoms with E-state index in [1.54, 1.807) is 0 Å². The van der Waals surface area contributed by atoms with Gasteiger partial charge < -0.3 is 15.5 Å². The number of hydrogen-bond donors (Lipinski definition) is 3. The van der Waals surface area contributed by atoms with Gasteiger partial charge in [-0.25, -0.2) is 0 Å². The number of para-hydroxylation sites is 1. The summed E-state index contributed by atoms with van der Waals surface area (Å²) in [5.41, 5.74) is 4.91. The highest BCUT2D eigenvalue weighted by atomic mass is 35.5. The van der Waals surface area contributed by atoms with Crippen LogP contribution in [0.4, 0.5) is 5.69 Å². The number of phenolic OH excluding ortho intramolecular Hbond substituents is 1. The van der Waals surface area contributed by atoms with Crippen molar-refractivity contribution in [2.24, 2.45) is 0 Å². The number of aromatic hydroxyl groups is 1. The van der Waals surface area contributed by atoms with Crippen molar-refractivity contribution in [1.29, 1.82) is 0 Å². The smallest absolute Gasteiger partial charge is 0.123 e. The first-order chi connectivity index (χ1) is 11.5. The Labute approximate surface area is 163 Å². The monoisotopic (exact) mass is 377 g/mol. The van der Waals surface area contributed by atoms with Crippen LogP contribution in [0.3, 0.4) is 0 Å². The van der Waals surface area contributed by atoms with Gasteiger partial charge in [0.2, 0.25) is 0 Å². The molecule has 0 aromatic heterocycles. The molecule has 0 radical (unpaired) electrons. The number of hydrogen-bond acceptors (Lipinski definition) is 3. The van der Waals surface area contributed by atoms with Crippen molar-refractivity contribution < 1.29 is 10.2 Å². The van der Waals surface area contributed by atoms with Gasteiger partial charge in [0.15, 0.2) is 0 Å². The first-order valence-corrected chi connectivity index (χ1v) is 8.83. The second-order valence-electron chi connectivity index (χ2n) is 8.71. The van der Waals surface area contributed by atoms with Gasteiger partial charge in [-0.3, -0.25) is 0 Å². The van der Waals surface area contributed by atoms with E-state index >= 15 is 0 Å². The number of rotatable bonds is 4. The Hall–Kier alpha value is -1.71. The van der Waals surface area contributed by atoms with E-state index in [-0.39, 0.29) is 30.0 Å². The summed E-state index contributed by atoms with van der Waals surface area (Å²) in [6.07, 6.45) is 0.746. The molecule has 0 spiro atoms. The summed E-state index contributed by atoms with van der Waals surface area (Å²) in [5, 5.41) is 23.1. The summed E-state index contributed by atoms with van der Waals surface area (Å²) in [6, 6.07) is 12.2. The van der Waals surface area contributed by atoms with Gasteiger partial charge in [-0.1, -0.05) is 71.9 Å². The molecular formula is C22H32ClNO2. The molecule has 0 saturated heterocycles. The molecule has 0 fully saturated rings. The molecule has 0 amide bonds. The molecule has 2 rings (SSSR count). The summed E-state index contributed by atoms with van der Waals surface area (Å²) in [7, 11) is 0. The van der Waals surface area contributed by atoms with Crippen LogP contribution in [-0.4, -0.2) is 16.9 Å². The van der Waals surface area contributed by atoms with Crippen molar-refractivity contribution in [3.05, 3.63) is 58.7 Å². The highest BCUT2D eigenvalue weighted by Crippen LogP contribution is 2.40. The van der Waals surface area contributed by atoms with Crippen LogP contribution in [0.25, 0.3) is 0 Å². The fraction of sp³-hybridized carbons (Fsp3) is 0.455. The van der Waals surface area contributed by atoms with Gasteiger partial charge in [0.1, 0.15) is 12.5 Å². The second-order valence-corrected chi connectivity index (χ2v) is 8.71. The Balaban J connectivity index is 0.00000338. The quantitative estimate of drug-likeness (QED) is 0.628. The van der Waals surface area contributed by atoms with Gasteiger partial charge in [0.25, 0.3) is 0 Å². The van der Waals surface area contributed by atoms with Crippen molar-refractivity contribution >= 4 is 18.1 Å². The molecule has 3 nitrogen and oxygen atoms in total. The largest absolute Gasteiger partial charge is 0.507 e. The SMILES string of the molecule is CC(C)(C)c1cc(Cc2ccccc2NCO)cc(C(C)(C)C)c1O.Cl. The highest BCUT2D eigenvalue weighted by molar-refractivity contribution is 5.85. The van der Waals surface area contributed by atoms with Gasteiger partial charge in [-0.2, -0.15) is 0 Å². The lowest BCUT2D eigenvalue weighted by atomic mass is 9.78. The van der Waals surface area contributed by atoms with Crippen LogP contribution in [0.15, 0.2) is 36.4 Å². The minimum atomic E-state index is -0.136. The van der Waals surface area contributed by atoms with Crippen molar-refractivity contribution in [1.82, 2.24) is 0 Å². The molecule has 2 aromatic rings. The van der Waals surface area contributed by atoms with E-state index in [0.717, 1.165) is 28.8 Å². The molecule has 2 aromatic carbocycles. The maximum absolute atomic E-state index is 10.8. The fourth-order valence-electron chi connectivity index (χ4n) is 3.09. The predicted octanol–water partition coefficient (Wildman–Crippen LogP) is 5.36. The van der Waals surface area contributed by atoms with Crippen molar-refractivity contribution in [3.63, 3.8) is 0 Å². The average Bonchev–Trinajstić information content (AvgIpc) is 2.48. The normalized spacial score (nSPS) is 11.8. The molecule has 0 aliphatic heterocycles. The van der Waals surface area contributed by atoms with Crippen LogP contribution in [-0.2, 0) is 17.3 Å². The van der Waals surface area contributed by atoms with Gasteiger partial charge in [0.05, 0.1) is 0 Å². The van der Waals surface area contributed by atoms with Crippen LogP contribution in [0.5, 0.6) is 5.75 Å². The lowest BCUT2D eigenvalue weighted by Gasteiger charge is -2.28. The number of phenols is 1. The van der Waals surface area contributed by atoms with E-state index in [1.165, 1.54) is 5.56 Å². The lowest BCUT2D eigenvalue weighted by molar-refractivity contribution is 0.325. The van der Waals surface area contributed by atoms with Crippen LogP contribution in [0.1, 0.15) is 63.8 Å². The number of aliphatic hydroxyl groups is 1. The van der Waals surface area contributed by atoms with Crippen LogP contribution < -0.4 is 5.32 Å². The Morgan fingerprint density at radius 2 is 1.38 bits per heavy atom. The summed E-state index contributed by atoms with van der Waals surface area (Å²) in [6.45, 7) is 12.7. The molecule has 0 aliphatic carbocycles. The Bertz CT molecular complexity index is 708. The first-order valence-electron chi connectivity index (χ1n) is 8.83. The average molecular weight is 378 g/mol. The number of benzene rings is 2. The molecule has 0 aliphatic rings. The zero-order valence-corrected chi connectivity index (χ0v) is 17.5. The van der Waals surface area contributed by atoms with Gasteiger partial charge in [-0.05, 0) is 45.6 Å². The van der Waals surface area contributed by atoms with E-state index < -0.39 is 0 Å². The minimum Gasteiger partial charge on any atom is -0.507 e. The molecule has 3 N–H and O–H groups in total. The Morgan fingerprint density at radius 3 is 1.85 bits per heavy atom. The van der Waals surface area contributed by atoms with Gasteiger partial charge >= 0.3 is 0 Å². The highest BCUT2D eigenvalue weighted by Gasteiger charge is 2.26. The third kappa shape index (κ3) is 5.15. The van der Waals surface area contributed by atoms with E-state index in [4.69, 9.17) is 0 Å². The minimum absolute atomic E-state index is 0. The summed E-state index contributed by atoms with van der Waals surface area (Å²) in [4.78, 5) is 0. The molecule has 0 heterocycles. The fourth-order valence-corrected chi connectivity index (χ4v) is 3.09. The molecular weight excluding hydrogens is 346 g/mol. The van der Waals surface area contributed by atoms with Crippen LogP contribution >= 0.6 is 12.4 Å². The third-order valence-electron chi connectivity index (χ3n) is 4.47. The Kier molecular flexibility index (Phi) is 7.15. The topological polar surface area (TPSA) is 52.5 Å². The van der Waals surface area contributed by atoms with Crippen molar-refractivity contribution in [3.8, 4) is 5.75 Å². The second kappa shape index (κ2) is 8.32. The first kappa shape index (κ1) is 22.3. The number of aliphatic hydroxyl groups excluding tert-OH is 1. The zero-order valence-electron chi connectivity index (χ0n) is 16.7. The third-order valence-corrected chi connectivity index (χ3v) is 4.47. The van der Waals surface area contributed by atoms with E-state index in [9.17, 15) is 10.2 Å². The maximum atomic E-state index is 10.8. The van der Waals surface area contributed by atoms with Crippen molar-refractivity contribution in [2.75, 3.05) is 12.0 Å². The van der Waals surface area contributed by atoms with E-state index in [1.807, 2.05) is 18.2 Å². The molecule has 4 heteroatoms. The number of nitrogens with one attached hydrogen (secondary N) is 1. The zero-order chi connectivity index (χ0) is 18.8. The summed E-state index contributed by atoms with van der Waals surface area (Å²) < 4.78 is 0. The number of anilines is 1. The van der Waals surface area contributed by atoms with Crippen LogP contribution in [0.2, 0.25) is 0 Å².